The van der Waals surface area contributed by atoms with Crippen LogP contribution in [0.3, 0.4) is 0 Å². The van der Waals surface area contributed by atoms with Gasteiger partial charge in [-0.3, -0.25) is 4.68 Å². The molecule has 132 valence electrons. The quantitative estimate of drug-likeness (QED) is 0.780. The van der Waals surface area contributed by atoms with E-state index in [9.17, 15) is 8.42 Å². The van der Waals surface area contributed by atoms with Crippen LogP contribution in [0.1, 0.15) is 51.8 Å². The van der Waals surface area contributed by atoms with Crippen LogP contribution in [0, 0.1) is 0 Å². The van der Waals surface area contributed by atoms with E-state index in [0.29, 0.717) is 18.8 Å². The second-order valence-electron chi connectivity index (χ2n) is 7.03. The number of rotatable bonds is 7. The molecule has 0 aliphatic heterocycles. The molecule has 1 N–H and O–H groups in total. The fourth-order valence-corrected chi connectivity index (χ4v) is 3.86. The first-order valence-electron chi connectivity index (χ1n) is 8.35. The van der Waals surface area contributed by atoms with Gasteiger partial charge in [0.05, 0.1) is 12.2 Å². The molecular formula is C18H27N3O2S. The molecule has 0 aliphatic rings. The maximum Gasteiger partial charge on any atom is 0.243 e. The minimum Gasteiger partial charge on any atom is -0.267 e. The van der Waals surface area contributed by atoms with Crippen LogP contribution in [0.5, 0.6) is 0 Å². The van der Waals surface area contributed by atoms with Gasteiger partial charge in [0.2, 0.25) is 10.0 Å². The van der Waals surface area contributed by atoms with Gasteiger partial charge in [0.15, 0.2) is 0 Å². The minimum absolute atomic E-state index is 0.280. The van der Waals surface area contributed by atoms with E-state index in [1.807, 2.05) is 58.0 Å². The summed E-state index contributed by atoms with van der Waals surface area (Å²) in [5.41, 5.74) is 1.34. The van der Waals surface area contributed by atoms with E-state index in [0.717, 1.165) is 18.4 Å². The van der Waals surface area contributed by atoms with Crippen molar-refractivity contribution in [1.29, 1.82) is 0 Å². The lowest BCUT2D eigenvalue weighted by atomic mass is 9.92. The molecule has 5 nitrogen and oxygen atoms in total. The highest BCUT2D eigenvalue weighted by Crippen LogP contribution is 2.27. The number of hydrogen-bond acceptors (Lipinski definition) is 3. The largest absolute Gasteiger partial charge is 0.267 e. The van der Waals surface area contributed by atoms with E-state index >= 15 is 0 Å². The molecule has 0 fully saturated rings. The third-order valence-electron chi connectivity index (χ3n) is 3.74. The molecule has 2 aromatic rings. The second kappa shape index (κ2) is 7.49. The molecule has 0 atom stereocenters. The van der Waals surface area contributed by atoms with E-state index < -0.39 is 10.0 Å². The molecule has 2 rings (SSSR count). The Bertz CT molecular complexity index is 759. The zero-order valence-electron chi connectivity index (χ0n) is 14.9. The molecule has 0 saturated heterocycles. The van der Waals surface area contributed by atoms with Crippen LogP contribution in [0.15, 0.2) is 41.4 Å². The van der Waals surface area contributed by atoms with Crippen molar-refractivity contribution in [2.75, 3.05) is 6.54 Å². The van der Waals surface area contributed by atoms with Gasteiger partial charge in [0, 0.05) is 18.2 Å². The molecule has 0 bridgehead atoms. The number of nitrogens with one attached hydrogen (secondary N) is 1. The molecule has 1 aromatic heterocycles. The van der Waals surface area contributed by atoms with Crippen molar-refractivity contribution in [3.63, 3.8) is 0 Å². The Hall–Kier alpha value is -1.66. The van der Waals surface area contributed by atoms with E-state index in [2.05, 4.69) is 9.82 Å². The first kappa shape index (κ1) is 18.7. The van der Waals surface area contributed by atoms with Gasteiger partial charge in [-0.25, -0.2) is 13.1 Å². The van der Waals surface area contributed by atoms with Gasteiger partial charge in [-0.05, 0) is 12.0 Å². The van der Waals surface area contributed by atoms with Crippen molar-refractivity contribution in [2.24, 2.45) is 0 Å². The van der Waals surface area contributed by atoms with Gasteiger partial charge < -0.3 is 0 Å². The second-order valence-corrected chi connectivity index (χ2v) is 8.76. The predicted octanol–water partition coefficient (Wildman–Crippen LogP) is 3.31. The Morgan fingerprint density at radius 3 is 2.42 bits per heavy atom. The van der Waals surface area contributed by atoms with Crippen molar-refractivity contribution in [2.45, 2.75) is 57.4 Å². The maximum atomic E-state index is 12.7. The van der Waals surface area contributed by atoms with Gasteiger partial charge >= 0.3 is 0 Å². The summed E-state index contributed by atoms with van der Waals surface area (Å²) in [7, 11) is -3.55. The molecule has 0 radical (unpaired) electrons. The normalized spacial score (nSPS) is 12.5. The first-order chi connectivity index (χ1) is 11.2. The molecule has 0 unspecified atom stereocenters. The van der Waals surface area contributed by atoms with Gasteiger partial charge in [0.1, 0.15) is 4.90 Å². The Kier molecular flexibility index (Phi) is 5.83. The lowest BCUT2D eigenvalue weighted by molar-refractivity contribution is 0.530. The molecule has 0 spiro atoms. The summed E-state index contributed by atoms with van der Waals surface area (Å²) in [5.74, 6) is 0. The Morgan fingerprint density at radius 1 is 1.17 bits per heavy atom. The van der Waals surface area contributed by atoms with Crippen molar-refractivity contribution >= 4 is 10.0 Å². The molecule has 0 amide bonds. The van der Waals surface area contributed by atoms with Crippen LogP contribution in [-0.2, 0) is 22.0 Å². The van der Waals surface area contributed by atoms with Crippen LogP contribution in [0.4, 0.5) is 0 Å². The number of nitrogens with zero attached hydrogens (tertiary/aromatic N) is 2. The predicted molar refractivity (Wildman–Crippen MR) is 96.6 cm³/mol. The van der Waals surface area contributed by atoms with E-state index in [1.165, 1.54) is 0 Å². The molecule has 0 saturated carbocycles. The summed E-state index contributed by atoms with van der Waals surface area (Å²) in [6, 6.07) is 9.90. The number of hydrogen-bond donors (Lipinski definition) is 1. The van der Waals surface area contributed by atoms with Crippen molar-refractivity contribution < 1.29 is 8.42 Å². The molecule has 0 aliphatic carbocycles. The monoisotopic (exact) mass is 349 g/mol. The third-order valence-corrected chi connectivity index (χ3v) is 5.20. The van der Waals surface area contributed by atoms with Crippen LogP contribution in [-0.4, -0.2) is 24.7 Å². The third kappa shape index (κ3) is 4.68. The van der Waals surface area contributed by atoms with Crippen molar-refractivity contribution in [3.8, 4) is 0 Å². The summed E-state index contributed by atoms with van der Waals surface area (Å²) in [5, 5.41) is 4.57. The van der Waals surface area contributed by atoms with E-state index in [4.69, 9.17) is 0 Å². The Balaban J connectivity index is 2.35. The number of unbranched alkanes of at least 4 members (excludes halogenated alkanes) is 1. The molecular weight excluding hydrogens is 322 g/mol. The SMILES string of the molecule is CCCCNS(=O)(=O)c1cn(Cc2ccccc2)nc1C(C)(C)C. The summed E-state index contributed by atoms with van der Waals surface area (Å²) in [4.78, 5) is 0.280. The van der Waals surface area contributed by atoms with E-state index in [-0.39, 0.29) is 10.3 Å². The smallest absolute Gasteiger partial charge is 0.243 e. The average Bonchev–Trinajstić information content (AvgIpc) is 2.93. The zero-order valence-corrected chi connectivity index (χ0v) is 15.7. The first-order valence-corrected chi connectivity index (χ1v) is 9.84. The lowest BCUT2D eigenvalue weighted by Crippen LogP contribution is -2.27. The van der Waals surface area contributed by atoms with E-state index in [1.54, 1.807) is 10.9 Å². The average molecular weight is 350 g/mol. The lowest BCUT2D eigenvalue weighted by Gasteiger charge is -2.17. The van der Waals surface area contributed by atoms with Crippen molar-refractivity contribution in [3.05, 3.63) is 47.8 Å². The fourth-order valence-electron chi connectivity index (χ4n) is 2.43. The summed E-state index contributed by atoms with van der Waals surface area (Å²) < 4.78 is 29.7. The van der Waals surface area contributed by atoms with Gasteiger partial charge in [-0.15, -0.1) is 0 Å². The molecule has 24 heavy (non-hydrogen) atoms. The Labute approximate surface area is 145 Å². The zero-order chi connectivity index (χ0) is 17.8. The van der Waals surface area contributed by atoms with Crippen LogP contribution in [0.25, 0.3) is 0 Å². The topological polar surface area (TPSA) is 64.0 Å². The standard InChI is InChI=1S/C18H27N3O2S/c1-5-6-12-19-24(22,23)16-14-21(20-17(16)18(2,3)4)13-15-10-8-7-9-11-15/h7-11,14,19H,5-6,12-13H2,1-4H3. The Morgan fingerprint density at radius 2 is 1.83 bits per heavy atom. The maximum absolute atomic E-state index is 12.7. The van der Waals surface area contributed by atoms with Crippen molar-refractivity contribution in [1.82, 2.24) is 14.5 Å². The summed E-state index contributed by atoms with van der Waals surface area (Å²) in [6.07, 6.45) is 3.41. The van der Waals surface area contributed by atoms with Crippen LogP contribution >= 0.6 is 0 Å². The summed E-state index contributed by atoms with van der Waals surface area (Å²) >= 11 is 0. The number of aromatic nitrogens is 2. The van der Waals surface area contributed by atoms with Gasteiger partial charge in [0.25, 0.3) is 0 Å². The van der Waals surface area contributed by atoms with Gasteiger partial charge in [-0.2, -0.15) is 5.10 Å². The summed E-state index contributed by atoms with van der Waals surface area (Å²) in [6.45, 7) is 8.97. The minimum atomic E-state index is -3.55. The highest BCUT2D eigenvalue weighted by atomic mass is 32.2. The molecule has 1 heterocycles. The fraction of sp³-hybridized carbons (Fsp3) is 0.500. The molecule has 6 heteroatoms. The van der Waals surface area contributed by atoms with Crippen LogP contribution < -0.4 is 4.72 Å². The highest BCUT2D eigenvalue weighted by Gasteiger charge is 2.29. The van der Waals surface area contributed by atoms with Gasteiger partial charge in [-0.1, -0.05) is 64.4 Å². The highest BCUT2D eigenvalue weighted by molar-refractivity contribution is 7.89. The molecule has 1 aromatic carbocycles. The number of sulfonamides is 1. The number of benzene rings is 1. The van der Waals surface area contributed by atoms with Crippen LogP contribution in [0.2, 0.25) is 0 Å².